The predicted molar refractivity (Wildman–Crippen MR) is 86.2 cm³/mol. The number of rotatable bonds is 4. The number of benzene rings is 1. The van der Waals surface area contributed by atoms with E-state index in [0.29, 0.717) is 25.1 Å². The minimum absolute atomic E-state index is 0.145. The Hall–Kier alpha value is -2.44. The number of amides is 3. The van der Waals surface area contributed by atoms with Gasteiger partial charge < -0.3 is 15.5 Å². The zero-order valence-corrected chi connectivity index (χ0v) is 13.7. The van der Waals surface area contributed by atoms with E-state index >= 15 is 0 Å². The molecule has 130 valence electrons. The number of nitrogens with two attached hydrogens (primary N) is 1. The lowest BCUT2D eigenvalue weighted by Crippen LogP contribution is -2.41. The van der Waals surface area contributed by atoms with E-state index in [1.807, 2.05) is 0 Å². The van der Waals surface area contributed by atoms with Gasteiger partial charge in [-0.1, -0.05) is 18.2 Å². The largest absolute Gasteiger partial charge is 0.369 e. The predicted octanol–water partition coefficient (Wildman–Crippen LogP) is 0.551. The number of aryl methyl sites for hydroxylation is 1. The molecule has 7 heteroatoms. The lowest BCUT2D eigenvalue weighted by Gasteiger charge is -2.22. The van der Waals surface area contributed by atoms with Crippen LogP contribution in [-0.2, 0) is 20.8 Å². The second-order valence-corrected chi connectivity index (χ2v) is 6.00. The summed E-state index contributed by atoms with van der Waals surface area (Å²) in [5.41, 5.74) is 5.87. The summed E-state index contributed by atoms with van der Waals surface area (Å²) in [7, 11) is 0. The molecule has 2 N–H and O–H groups in total. The minimum atomic E-state index is -0.589. The van der Waals surface area contributed by atoms with Crippen LogP contribution in [0.15, 0.2) is 24.3 Å². The molecule has 2 rings (SSSR count). The van der Waals surface area contributed by atoms with Crippen molar-refractivity contribution in [1.29, 1.82) is 0 Å². The number of primary amides is 1. The van der Waals surface area contributed by atoms with Crippen LogP contribution in [0, 0.1) is 11.7 Å². The molecule has 0 aromatic heterocycles. The molecule has 1 fully saturated rings. The molecule has 0 radical (unpaired) electrons. The highest BCUT2D eigenvalue weighted by Crippen LogP contribution is 2.14. The first kappa shape index (κ1) is 17.9. The van der Waals surface area contributed by atoms with E-state index < -0.39 is 11.8 Å². The lowest BCUT2D eigenvalue weighted by atomic mass is 10.1. The molecule has 0 unspecified atom stereocenters. The molecule has 6 nitrogen and oxygen atoms in total. The van der Waals surface area contributed by atoms with Gasteiger partial charge in [-0.3, -0.25) is 14.4 Å². The highest BCUT2D eigenvalue weighted by molar-refractivity contribution is 5.81. The van der Waals surface area contributed by atoms with Crippen molar-refractivity contribution in [3.8, 4) is 0 Å². The van der Waals surface area contributed by atoms with Gasteiger partial charge in [-0.15, -0.1) is 0 Å². The van der Waals surface area contributed by atoms with Gasteiger partial charge in [0.25, 0.3) is 0 Å². The summed E-state index contributed by atoms with van der Waals surface area (Å²) in [6.45, 7) is 2.55. The van der Waals surface area contributed by atoms with Gasteiger partial charge in [0, 0.05) is 39.5 Å². The van der Waals surface area contributed by atoms with Crippen LogP contribution in [0.2, 0.25) is 0 Å². The van der Waals surface area contributed by atoms with E-state index in [0.717, 1.165) is 0 Å². The van der Waals surface area contributed by atoms with Crippen molar-refractivity contribution in [3.63, 3.8) is 0 Å². The molecule has 1 aromatic rings. The van der Waals surface area contributed by atoms with Crippen molar-refractivity contribution in [2.45, 2.75) is 19.8 Å². The molecule has 1 heterocycles. The van der Waals surface area contributed by atoms with Gasteiger partial charge >= 0.3 is 0 Å². The summed E-state index contributed by atoms with van der Waals surface area (Å²) in [6, 6.07) is 6.33. The average Bonchev–Trinajstić information content (AvgIpc) is 2.77. The van der Waals surface area contributed by atoms with Gasteiger partial charge in [-0.25, -0.2) is 4.39 Å². The van der Waals surface area contributed by atoms with Gasteiger partial charge in [0.05, 0.1) is 5.92 Å². The molecule has 1 aromatic carbocycles. The molecule has 1 saturated heterocycles. The maximum absolute atomic E-state index is 13.6. The molecule has 0 bridgehead atoms. The van der Waals surface area contributed by atoms with Crippen molar-refractivity contribution in [2.24, 2.45) is 11.7 Å². The van der Waals surface area contributed by atoms with Gasteiger partial charge in [0.15, 0.2) is 0 Å². The van der Waals surface area contributed by atoms with Crippen LogP contribution in [-0.4, -0.2) is 53.7 Å². The van der Waals surface area contributed by atoms with Crippen LogP contribution < -0.4 is 5.73 Å². The summed E-state index contributed by atoms with van der Waals surface area (Å²) in [5, 5.41) is 0. The molecule has 1 atom stereocenters. The number of nitrogens with zero attached hydrogens (tertiary/aromatic N) is 2. The molecule has 1 aliphatic heterocycles. The monoisotopic (exact) mass is 335 g/mol. The fourth-order valence-corrected chi connectivity index (χ4v) is 2.81. The lowest BCUT2D eigenvalue weighted by molar-refractivity contribution is -0.132. The van der Waals surface area contributed by atoms with E-state index in [2.05, 4.69) is 0 Å². The highest BCUT2D eigenvalue weighted by atomic mass is 19.1. The number of hydrogen-bond acceptors (Lipinski definition) is 3. The van der Waals surface area contributed by atoms with Crippen LogP contribution in [0.4, 0.5) is 4.39 Å². The maximum Gasteiger partial charge on any atom is 0.224 e. The first-order valence-electron chi connectivity index (χ1n) is 7.94. The third kappa shape index (κ3) is 4.53. The Bertz CT molecular complexity index is 635. The third-order valence-corrected chi connectivity index (χ3v) is 4.29. The Morgan fingerprint density at radius 3 is 2.42 bits per heavy atom. The van der Waals surface area contributed by atoms with E-state index in [1.165, 1.54) is 17.9 Å². The highest BCUT2D eigenvalue weighted by Gasteiger charge is 2.29. The second-order valence-electron chi connectivity index (χ2n) is 6.00. The zero-order chi connectivity index (χ0) is 17.7. The molecule has 1 aliphatic rings. The Morgan fingerprint density at radius 1 is 1.17 bits per heavy atom. The van der Waals surface area contributed by atoms with E-state index in [9.17, 15) is 18.8 Å². The van der Waals surface area contributed by atoms with E-state index in [-0.39, 0.29) is 37.1 Å². The van der Waals surface area contributed by atoms with Crippen molar-refractivity contribution in [1.82, 2.24) is 9.80 Å². The zero-order valence-electron chi connectivity index (χ0n) is 13.7. The number of carbonyl (C=O) groups is 3. The van der Waals surface area contributed by atoms with Crippen LogP contribution in [0.25, 0.3) is 0 Å². The topological polar surface area (TPSA) is 83.7 Å². The Labute approximate surface area is 140 Å². The fraction of sp³-hybridized carbons (Fsp3) is 0.471. The van der Waals surface area contributed by atoms with Crippen LogP contribution in [0.5, 0.6) is 0 Å². The summed E-state index contributed by atoms with van der Waals surface area (Å²) in [6.07, 6.45) is 0.437. The van der Waals surface area contributed by atoms with Crippen molar-refractivity contribution < 1.29 is 18.8 Å². The Balaban J connectivity index is 2.01. The smallest absolute Gasteiger partial charge is 0.224 e. The minimum Gasteiger partial charge on any atom is -0.369 e. The van der Waals surface area contributed by atoms with Crippen LogP contribution in [0.3, 0.4) is 0 Å². The van der Waals surface area contributed by atoms with E-state index in [1.54, 1.807) is 23.1 Å². The van der Waals surface area contributed by atoms with Crippen LogP contribution >= 0.6 is 0 Å². The molecule has 0 spiro atoms. The van der Waals surface area contributed by atoms with Gasteiger partial charge in [0.1, 0.15) is 5.82 Å². The van der Waals surface area contributed by atoms with Crippen molar-refractivity contribution >= 4 is 17.7 Å². The summed E-state index contributed by atoms with van der Waals surface area (Å²) >= 11 is 0. The number of hydrogen-bond donors (Lipinski definition) is 1. The SMILES string of the molecule is CC(=O)N1CCN(C(=O)CCc2ccccc2F)C[C@H](C(N)=O)C1. The Kier molecular flexibility index (Phi) is 5.89. The molecular formula is C17H22FN3O3. The quantitative estimate of drug-likeness (QED) is 0.872. The van der Waals surface area contributed by atoms with Crippen molar-refractivity contribution in [2.75, 3.05) is 26.2 Å². The average molecular weight is 335 g/mol. The third-order valence-electron chi connectivity index (χ3n) is 4.29. The molecular weight excluding hydrogens is 313 g/mol. The molecule has 3 amide bonds. The second kappa shape index (κ2) is 7.90. The normalized spacial score (nSPS) is 18.2. The van der Waals surface area contributed by atoms with Gasteiger partial charge in [-0.05, 0) is 18.1 Å². The van der Waals surface area contributed by atoms with Gasteiger partial charge in [0.2, 0.25) is 17.7 Å². The van der Waals surface area contributed by atoms with E-state index in [4.69, 9.17) is 5.73 Å². The number of halogens is 1. The Morgan fingerprint density at radius 2 is 1.79 bits per heavy atom. The standard InChI is InChI=1S/C17H22FN3O3/c1-12(22)20-8-9-21(11-14(10-20)17(19)24)16(23)7-6-13-4-2-3-5-15(13)18/h2-5,14H,6-11H2,1H3,(H2,19,24)/t14-/m1/s1. The summed E-state index contributed by atoms with van der Waals surface area (Å²) < 4.78 is 13.6. The van der Waals surface area contributed by atoms with Crippen molar-refractivity contribution in [3.05, 3.63) is 35.6 Å². The molecule has 0 saturated carbocycles. The first-order valence-corrected chi connectivity index (χ1v) is 7.94. The molecule has 24 heavy (non-hydrogen) atoms. The summed E-state index contributed by atoms with van der Waals surface area (Å²) in [5.74, 6) is -1.78. The maximum atomic E-state index is 13.6. The van der Waals surface area contributed by atoms with Gasteiger partial charge in [-0.2, -0.15) is 0 Å². The number of carbonyl (C=O) groups excluding carboxylic acids is 3. The van der Waals surface area contributed by atoms with Crippen LogP contribution in [0.1, 0.15) is 18.9 Å². The fourth-order valence-electron chi connectivity index (χ4n) is 2.81. The summed E-state index contributed by atoms with van der Waals surface area (Å²) in [4.78, 5) is 38.6. The first-order chi connectivity index (χ1) is 11.4. The molecule has 0 aliphatic carbocycles.